The first kappa shape index (κ1) is 58.8. The van der Waals surface area contributed by atoms with Crippen molar-refractivity contribution in [1.29, 1.82) is 0 Å². The van der Waals surface area contributed by atoms with Crippen LogP contribution in [0.5, 0.6) is 0 Å². The zero-order valence-corrected chi connectivity index (χ0v) is 44.0. The molecule has 10 aromatic rings. The van der Waals surface area contributed by atoms with Crippen LogP contribution in [0.1, 0.15) is 22.8 Å². The van der Waals surface area contributed by atoms with Crippen LogP contribution in [0.2, 0.25) is 10.0 Å². The molecule has 18 heteroatoms. The van der Waals surface area contributed by atoms with Gasteiger partial charge in [0.25, 0.3) is 0 Å². The summed E-state index contributed by atoms with van der Waals surface area (Å²) in [5.74, 6) is 0. The Morgan fingerprint density at radius 1 is 0.371 bits per heavy atom. The quantitative estimate of drug-likeness (QED) is 0.0938. The number of hydrogen-bond acceptors (Lipinski definition) is 12. The smallest absolute Gasteiger partial charge is 0.744 e. The van der Waals surface area contributed by atoms with E-state index in [9.17, 15) is 25.9 Å². The molecule has 0 bridgehead atoms. The van der Waals surface area contributed by atoms with Crippen molar-refractivity contribution >= 4 is 97.9 Å². The number of nitrogens with zero attached hydrogens (tertiary/aromatic N) is 4. The largest absolute Gasteiger partial charge is 1.00 e. The fraction of sp³-hybridized carbons (Fsp3) is 0.0769. The second-order valence-corrected chi connectivity index (χ2v) is 18.5. The van der Waals surface area contributed by atoms with E-state index in [1.54, 1.807) is 0 Å². The van der Waals surface area contributed by atoms with Gasteiger partial charge in [-0.05, 0) is 110 Å². The molecule has 0 fully saturated rings. The van der Waals surface area contributed by atoms with Gasteiger partial charge in [-0.25, -0.2) is 16.8 Å². The van der Waals surface area contributed by atoms with Gasteiger partial charge in [0.2, 0.25) is 0 Å². The molecular formula is C52H46Ag2Cl2N6O6S2. The van der Waals surface area contributed by atoms with Crippen LogP contribution in [0, 0.1) is 27.7 Å². The molecule has 10 rings (SSSR count). The van der Waals surface area contributed by atoms with Gasteiger partial charge < -0.3 is 20.6 Å². The summed E-state index contributed by atoms with van der Waals surface area (Å²) >= 11 is 10.9. The second-order valence-electron chi connectivity index (χ2n) is 15.0. The normalized spacial score (nSPS) is 10.4. The third-order valence-corrected chi connectivity index (χ3v) is 11.8. The molecule has 4 aromatic heterocycles. The number of halogens is 2. The predicted octanol–water partition coefficient (Wildman–Crippen LogP) is 11.8. The summed E-state index contributed by atoms with van der Waals surface area (Å²) in [6.07, 6.45) is 7.63. The minimum atomic E-state index is -4.52. The number of nitrogens with two attached hydrogens (primary N) is 2. The average Bonchev–Trinajstić information content (AvgIpc) is 3.31. The number of aryl methyl sites for hydroxylation is 4. The maximum atomic E-state index is 10.5. The Morgan fingerprint density at radius 2 is 0.586 bits per heavy atom. The summed E-state index contributed by atoms with van der Waals surface area (Å²) in [5.41, 5.74) is 14.6. The fourth-order valence-corrected chi connectivity index (χ4v) is 7.95. The third-order valence-electron chi connectivity index (χ3n) is 9.56. The Balaban J connectivity index is 0.000000221. The van der Waals surface area contributed by atoms with Crippen LogP contribution in [-0.4, -0.2) is 45.9 Å². The zero-order chi connectivity index (χ0) is 49.4. The molecule has 0 amide bonds. The Labute approximate surface area is 449 Å². The van der Waals surface area contributed by atoms with Gasteiger partial charge in [0.15, 0.2) is 0 Å². The first-order valence-corrected chi connectivity index (χ1v) is 24.1. The van der Waals surface area contributed by atoms with Crippen LogP contribution in [0.15, 0.2) is 192 Å². The molecule has 368 valence electrons. The van der Waals surface area contributed by atoms with Crippen LogP contribution >= 0.6 is 23.2 Å². The minimum absolute atomic E-state index is 0. The Morgan fingerprint density at radius 3 is 0.786 bits per heavy atom. The second kappa shape index (κ2) is 27.7. The molecule has 0 atom stereocenters. The maximum absolute atomic E-state index is 10.5. The van der Waals surface area contributed by atoms with Gasteiger partial charge in [-0.3, -0.25) is 19.9 Å². The summed E-state index contributed by atoms with van der Waals surface area (Å²) in [6.45, 7) is 8.03. The Hall–Kier alpha value is -5.56. The van der Waals surface area contributed by atoms with Gasteiger partial charge in [0.05, 0.1) is 9.79 Å². The topological polar surface area (TPSA) is 218 Å². The molecule has 6 aromatic carbocycles. The number of rotatable bonds is 2. The molecule has 0 aliphatic rings. The monoisotopic (exact) mass is 1200 g/mol. The number of anilines is 2. The Kier molecular flexibility index (Phi) is 23.3. The molecule has 12 nitrogen and oxygen atoms in total. The van der Waals surface area contributed by atoms with E-state index >= 15 is 0 Å². The molecule has 0 saturated carbocycles. The average molecular weight is 1200 g/mol. The first-order chi connectivity index (χ1) is 32.3. The van der Waals surface area contributed by atoms with Crippen LogP contribution < -0.4 is 11.5 Å². The number of hydrogen-bond donors (Lipinski definition) is 2. The standard InChI is InChI=1S/4C10H9N.2C6H6ClNO3S.2Ag/c4*1-8-6-9-4-2-3-5-10(9)7-11-8;2*7-4-1-2-5(8)6(3-4)12(9,10)11;;/h4*2-7H,1H3;2*1-3H,8H2,(H,9,10,11);;/q;;;;;;2*+1/p-2. The summed E-state index contributed by atoms with van der Waals surface area (Å²) in [6, 6.07) is 48.8. The maximum Gasteiger partial charge on any atom is 1.00 e. The van der Waals surface area contributed by atoms with Crippen LogP contribution in [0.25, 0.3) is 43.1 Å². The van der Waals surface area contributed by atoms with Crippen LogP contribution in [-0.2, 0) is 65.0 Å². The SMILES string of the molecule is Cc1cc2ccccc2cn1.Cc1cc2ccccc2cn1.Cc1cc2ccccc2cn1.Cc1cc2ccccc2cn1.Nc1ccc(Cl)cc1S(=O)(=O)[O-].Nc1ccc(Cl)cc1S(=O)(=O)[O-].[Ag+].[Ag+]. The van der Waals surface area contributed by atoms with Crippen LogP contribution in [0.4, 0.5) is 11.4 Å². The molecule has 70 heavy (non-hydrogen) atoms. The summed E-state index contributed by atoms with van der Waals surface area (Å²) in [5, 5.41) is 10.2. The van der Waals surface area contributed by atoms with E-state index in [1.165, 1.54) is 67.4 Å². The number of aromatic nitrogens is 4. The van der Waals surface area contributed by atoms with Crippen molar-refractivity contribution in [3.63, 3.8) is 0 Å². The zero-order valence-electron chi connectivity index (χ0n) is 37.9. The van der Waals surface area contributed by atoms with Crippen molar-refractivity contribution in [3.05, 3.63) is 215 Å². The van der Waals surface area contributed by atoms with Gasteiger partial charge in [0.1, 0.15) is 20.2 Å². The molecule has 0 unspecified atom stereocenters. The number of pyridine rings is 4. The first-order valence-electron chi connectivity index (χ1n) is 20.5. The molecular weight excluding hydrogens is 1160 g/mol. The summed E-state index contributed by atoms with van der Waals surface area (Å²) < 4.78 is 63.1. The Bertz CT molecular complexity index is 3170. The fourth-order valence-electron chi connectivity index (χ4n) is 6.22. The molecule has 0 radical (unpaired) electrons. The van der Waals surface area contributed by atoms with Crippen molar-refractivity contribution in [1.82, 2.24) is 19.9 Å². The van der Waals surface area contributed by atoms with Crippen molar-refractivity contribution in [2.75, 3.05) is 11.5 Å². The van der Waals surface area contributed by atoms with Gasteiger partial charge in [-0.1, -0.05) is 120 Å². The molecule has 4 heterocycles. The van der Waals surface area contributed by atoms with E-state index in [0.717, 1.165) is 34.9 Å². The molecule has 0 aliphatic heterocycles. The predicted molar refractivity (Wildman–Crippen MR) is 274 cm³/mol. The van der Waals surface area contributed by atoms with Gasteiger partial charge in [0, 0.05) is 90.5 Å². The van der Waals surface area contributed by atoms with E-state index in [4.69, 9.17) is 34.7 Å². The van der Waals surface area contributed by atoms with Crippen molar-refractivity contribution in [2.45, 2.75) is 37.5 Å². The van der Waals surface area contributed by atoms with Crippen molar-refractivity contribution in [3.8, 4) is 0 Å². The van der Waals surface area contributed by atoms with E-state index in [0.29, 0.717) is 0 Å². The van der Waals surface area contributed by atoms with Crippen molar-refractivity contribution < 1.29 is 70.7 Å². The summed E-state index contributed by atoms with van der Waals surface area (Å²) in [7, 11) is -9.03. The van der Waals surface area contributed by atoms with Gasteiger partial charge in [-0.2, -0.15) is 0 Å². The third kappa shape index (κ3) is 18.6. The van der Waals surface area contributed by atoms with E-state index in [-0.39, 0.29) is 66.2 Å². The number of benzene rings is 6. The van der Waals surface area contributed by atoms with Crippen molar-refractivity contribution in [2.24, 2.45) is 0 Å². The van der Waals surface area contributed by atoms with Gasteiger partial charge in [-0.15, -0.1) is 0 Å². The van der Waals surface area contributed by atoms with Crippen LogP contribution in [0.3, 0.4) is 0 Å². The molecule has 0 aliphatic carbocycles. The van der Waals surface area contributed by atoms with Gasteiger partial charge >= 0.3 is 44.8 Å². The van der Waals surface area contributed by atoms with E-state index < -0.39 is 30.0 Å². The summed E-state index contributed by atoms with van der Waals surface area (Å²) in [4.78, 5) is 15.9. The molecule has 4 N–H and O–H groups in total. The molecule has 0 spiro atoms. The number of nitrogen functional groups attached to an aromatic ring is 2. The number of fused-ring (bicyclic) bond motifs is 4. The molecule has 0 saturated heterocycles. The minimum Gasteiger partial charge on any atom is -0.744 e. The van der Waals surface area contributed by atoms with E-state index in [1.807, 2.05) is 101 Å². The van der Waals surface area contributed by atoms with E-state index in [2.05, 4.69) is 92.7 Å².